The summed E-state index contributed by atoms with van der Waals surface area (Å²) in [6, 6.07) is 3.69. The van der Waals surface area contributed by atoms with Gasteiger partial charge in [0.1, 0.15) is 0 Å². The fourth-order valence-corrected chi connectivity index (χ4v) is 1.29. The topological polar surface area (TPSA) is 12.0 Å². The molecule has 1 rings (SSSR count). The van der Waals surface area contributed by atoms with E-state index < -0.39 is 0 Å². The van der Waals surface area contributed by atoms with Crippen molar-refractivity contribution in [3.63, 3.8) is 0 Å². The number of hydrogen-bond acceptors (Lipinski definition) is 1. The van der Waals surface area contributed by atoms with Crippen LogP contribution in [-0.4, -0.2) is 7.05 Å². The maximum Gasteiger partial charge on any atom is 0.0642 e. The molecule has 0 radical (unpaired) electrons. The van der Waals surface area contributed by atoms with Crippen LogP contribution >= 0.6 is 23.2 Å². The van der Waals surface area contributed by atoms with Gasteiger partial charge in [-0.3, -0.25) is 0 Å². The summed E-state index contributed by atoms with van der Waals surface area (Å²) in [5.74, 6) is 0. The molecule has 3 heteroatoms. The molecule has 0 bridgehead atoms. The molecule has 11 heavy (non-hydrogen) atoms. The maximum atomic E-state index is 5.89. The molecule has 0 fully saturated rings. The molecule has 0 saturated heterocycles. The fraction of sp³-hybridized carbons (Fsp3) is 0.250. The Morgan fingerprint density at radius 2 is 1.91 bits per heavy atom. The summed E-state index contributed by atoms with van der Waals surface area (Å²) in [6.45, 7) is 1.93. The normalized spacial score (nSPS) is 9.82. The summed E-state index contributed by atoms with van der Waals surface area (Å²) >= 11 is 11.7. The minimum absolute atomic E-state index is 0.600. The molecule has 0 spiro atoms. The fourth-order valence-electron chi connectivity index (χ4n) is 0.923. The number of nitrogens with one attached hydrogen (secondary N) is 1. The first-order valence-corrected chi connectivity index (χ1v) is 4.04. The number of rotatable bonds is 1. The molecule has 0 aliphatic heterocycles. The Hall–Kier alpha value is -0.400. The predicted octanol–water partition coefficient (Wildman–Crippen LogP) is 3.34. The Labute approximate surface area is 76.3 Å². The van der Waals surface area contributed by atoms with E-state index in [2.05, 4.69) is 5.32 Å². The van der Waals surface area contributed by atoms with Crippen molar-refractivity contribution < 1.29 is 0 Å². The van der Waals surface area contributed by atoms with Crippen molar-refractivity contribution in [3.05, 3.63) is 27.7 Å². The Kier molecular flexibility index (Phi) is 2.63. The minimum Gasteiger partial charge on any atom is -0.388 e. The molecule has 1 nitrogen and oxygen atoms in total. The van der Waals surface area contributed by atoms with Crippen molar-refractivity contribution in [1.29, 1.82) is 0 Å². The van der Waals surface area contributed by atoms with E-state index in [1.54, 1.807) is 6.07 Å². The summed E-state index contributed by atoms with van der Waals surface area (Å²) in [6.07, 6.45) is 0. The number of benzene rings is 1. The van der Waals surface area contributed by atoms with Gasteiger partial charge in [-0.05, 0) is 24.6 Å². The lowest BCUT2D eigenvalue weighted by atomic mass is 10.2. The molecule has 1 aromatic carbocycles. The molecule has 1 N–H and O–H groups in total. The Morgan fingerprint density at radius 1 is 1.27 bits per heavy atom. The zero-order valence-corrected chi connectivity index (χ0v) is 7.92. The van der Waals surface area contributed by atoms with Crippen molar-refractivity contribution in [2.75, 3.05) is 12.4 Å². The third-order valence-electron chi connectivity index (χ3n) is 1.61. The monoisotopic (exact) mass is 189 g/mol. The molecular formula is C8H9Cl2N. The predicted molar refractivity (Wildman–Crippen MR) is 50.7 cm³/mol. The van der Waals surface area contributed by atoms with Gasteiger partial charge in [-0.2, -0.15) is 0 Å². The van der Waals surface area contributed by atoms with Crippen molar-refractivity contribution >= 4 is 28.9 Å². The van der Waals surface area contributed by atoms with E-state index in [4.69, 9.17) is 23.2 Å². The van der Waals surface area contributed by atoms with Gasteiger partial charge >= 0.3 is 0 Å². The van der Waals surface area contributed by atoms with E-state index >= 15 is 0 Å². The van der Waals surface area contributed by atoms with Gasteiger partial charge in [0.2, 0.25) is 0 Å². The average Bonchev–Trinajstić information content (AvgIpc) is 2.01. The van der Waals surface area contributed by atoms with Crippen LogP contribution in [0, 0.1) is 6.92 Å². The van der Waals surface area contributed by atoms with Crippen molar-refractivity contribution in [2.24, 2.45) is 0 Å². The van der Waals surface area contributed by atoms with Crippen LogP contribution in [0.5, 0.6) is 0 Å². The minimum atomic E-state index is 0.600. The number of hydrogen-bond donors (Lipinski definition) is 1. The summed E-state index contributed by atoms with van der Waals surface area (Å²) in [7, 11) is 1.85. The third-order valence-corrected chi connectivity index (χ3v) is 2.51. The van der Waals surface area contributed by atoms with Gasteiger partial charge in [-0.15, -0.1) is 0 Å². The highest BCUT2D eigenvalue weighted by atomic mass is 35.5. The van der Waals surface area contributed by atoms with Gasteiger partial charge in [0.15, 0.2) is 0 Å². The lowest BCUT2D eigenvalue weighted by Gasteiger charge is -2.06. The summed E-state index contributed by atoms with van der Waals surface area (Å²) in [4.78, 5) is 0. The lowest BCUT2D eigenvalue weighted by Crippen LogP contribution is -1.91. The Balaban J connectivity index is 3.25. The van der Waals surface area contributed by atoms with Crippen molar-refractivity contribution in [1.82, 2.24) is 0 Å². The number of anilines is 1. The van der Waals surface area contributed by atoms with Gasteiger partial charge in [0.05, 0.1) is 10.0 Å². The molecule has 0 aliphatic rings. The second-order valence-corrected chi connectivity index (χ2v) is 3.07. The molecule has 0 unspecified atom stereocenters. The first kappa shape index (κ1) is 8.69. The highest BCUT2D eigenvalue weighted by Gasteiger charge is 2.03. The molecule has 1 aromatic rings. The van der Waals surface area contributed by atoms with E-state index in [9.17, 15) is 0 Å². The molecule has 0 aliphatic carbocycles. The van der Waals surface area contributed by atoms with Crippen LogP contribution in [0.1, 0.15) is 5.56 Å². The summed E-state index contributed by atoms with van der Waals surface area (Å²) < 4.78 is 0. The van der Waals surface area contributed by atoms with Gasteiger partial charge in [0.25, 0.3) is 0 Å². The molecule has 60 valence electrons. The van der Waals surface area contributed by atoms with Crippen molar-refractivity contribution in [2.45, 2.75) is 6.92 Å². The quantitative estimate of drug-likeness (QED) is 0.715. The summed E-state index contributed by atoms with van der Waals surface area (Å²) in [5, 5.41) is 4.24. The van der Waals surface area contributed by atoms with Crippen LogP contribution in [0.25, 0.3) is 0 Å². The van der Waals surface area contributed by atoms with E-state index in [1.165, 1.54) is 0 Å². The van der Waals surface area contributed by atoms with E-state index in [-0.39, 0.29) is 0 Å². The zero-order valence-electron chi connectivity index (χ0n) is 6.41. The standard InChI is InChI=1S/C8H9Cl2N/c1-5-7(11-2)4-3-6(9)8(5)10/h3-4,11H,1-2H3. The van der Waals surface area contributed by atoms with E-state index in [1.807, 2.05) is 20.0 Å². The Bertz CT molecular complexity index is 271. The second kappa shape index (κ2) is 3.33. The second-order valence-electron chi connectivity index (χ2n) is 2.28. The molecule has 0 saturated carbocycles. The number of halogens is 2. The highest BCUT2D eigenvalue weighted by Crippen LogP contribution is 2.30. The van der Waals surface area contributed by atoms with Gasteiger partial charge < -0.3 is 5.32 Å². The van der Waals surface area contributed by atoms with Crippen LogP contribution in [0.3, 0.4) is 0 Å². The van der Waals surface area contributed by atoms with Crippen LogP contribution in [-0.2, 0) is 0 Å². The summed E-state index contributed by atoms with van der Waals surface area (Å²) in [5.41, 5.74) is 2.00. The Morgan fingerprint density at radius 3 is 2.45 bits per heavy atom. The maximum absolute atomic E-state index is 5.89. The first-order valence-electron chi connectivity index (χ1n) is 3.29. The van der Waals surface area contributed by atoms with Gasteiger partial charge in [-0.1, -0.05) is 23.2 Å². The highest BCUT2D eigenvalue weighted by molar-refractivity contribution is 6.42. The third kappa shape index (κ3) is 1.60. The van der Waals surface area contributed by atoms with Crippen LogP contribution in [0.4, 0.5) is 5.69 Å². The zero-order chi connectivity index (χ0) is 8.43. The smallest absolute Gasteiger partial charge is 0.0642 e. The molecule has 0 heterocycles. The SMILES string of the molecule is CNc1ccc(Cl)c(Cl)c1C. The average molecular weight is 190 g/mol. The lowest BCUT2D eigenvalue weighted by molar-refractivity contribution is 1.41. The molecule has 0 aromatic heterocycles. The van der Waals surface area contributed by atoms with Crippen LogP contribution in [0.15, 0.2) is 12.1 Å². The van der Waals surface area contributed by atoms with Gasteiger partial charge in [0, 0.05) is 12.7 Å². The van der Waals surface area contributed by atoms with E-state index in [0.717, 1.165) is 11.3 Å². The molecule has 0 atom stereocenters. The molecule has 0 amide bonds. The van der Waals surface area contributed by atoms with E-state index in [0.29, 0.717) is 10.0 Å². The van der Waals surface area contributed by atoms with Gasteiger partial charge in [-0.25, -0.2) is 0 Å². The first-order chi connectivity index (χ1) is 5.16. The van der Waals surface area contributed by atoms with Crippen molar-refractivity contribution in [3.8, 4) is 0 Å². The van der Waals surface area contributed by atoms with Crippen LogP contribution < -0.4 is 5.32 Å². The van der Waals surface area contributed by atoms with Crippen LogP contribution in [0.2, 0.25) is 10.0 Å². The largest absolute Gasteiger partial charge is 0.388 e. The molecular weight excluding hydrogens is 181 g/mol.